The van der Waals surface area contributed by atoms with E-state index in [2.05, 4.69) is 10.7 Å². The minimum atomic E-state index is -0.577. The topological polar surface area (TPSA) is 120 Å². The van der Waals surface area contributed by atoms with Crippen molar-refractivity contribution in [1.82, 2.24) is 5.32 Å². The summed E-state index contributed by atoms with van der Waals surface area (Å²) < 4.78 is 5.08. The molecule has 0 aromatic heterocycles. The lowest BCUT2D eigenvalue weighted by Crippen LogP contribution is -2.27. The normalized spacial score (nSPS) is 10.0. The molecule has 1 amide bonds. The average molecular weight is 268 g/mol. The number of carbonyl (C=O) groups is 1. The van der Waals surface area contributed by atoms with Crippen molar-refractivity contribution in [3.8, 4) is 0 Å². The summed E-state index contributed by atoms with van der Waals surface area (Å²) in [4.78, 5) is 21.9. The van der Waals surface area contributed by atoms with Gasteiger partial charge in [0.15, 0.2) is 0 Å². The van der Waals surface area contributed by atoms with Gasteiger partial charge in [0.1, 0.15) is 5.69 Å². The van der Waals surface area contributed by atoms with E-state index in [0.29, 0.717) is 19.8 Å². The molecule has 0 unspecified atom stereocenters. The number of anilines is 1. The van der Waals surface area contributed by atoms with Crippen LogP contribution in [0.2, 0.25) is 0 Å². The van der Waals surface area contributed by atoms with Crippen molar-refractivity contribution in [1.29, 1.82) is 0 Å². The molecule has 1 aromatic rings. The van der Waals surface area contributed by atoms with E-state index in [0.717, 1.165) is 0 Å². The number of nitrogens with two attached hydrogens (primary N) is 1. The SMILES string of the molecule is CCOCCNC(=O)c1ccc([N+](=O)[O-])c(NN)c1. The van der Waals surface area contributed by atoms with Crippen molar-refractivity contribution in [2.75, 3.05) is 25.2 Å². The molecule has 0 aliphatic carbocycles. The predicted molar refractivity (Wildman–Crippen MR) is 69.7 cm³/mol. The van der Waals surface area contributed by atoms with Gasteiger partial charge in [0, 0.05) is 24.8 Å². The van der Waals surface area contributed by atoms with Crippen LogP contribution in [0.15, 0.2) is 18.2 Å². The fourth-order valence-corrected chi connectivity index (χ4v) is 1.44. The highest BCUT2D eigenvalue weighted by atomic mass is 16.6. The summed E-state index contributed by atoms with van der Waals surface area (Å²) in [6.07, 6.45) is 0. The first-order valence-corrected chi connectivity index (χ1v) is 5.71. The Morgan fingerprint density at radius 2 is 2.26 bits per heavy atom. The molecule has 0 bridgehead atoms. The molecule has 0 aliphatic rings. The van der Waals surface area contributed by atoms with Crippen molar-refractivity contribution in [2.45, 2.75) is 6.92 Å². The summed E-state index contributed by atoms with van der Waals surface area (Å²) in [5, 5.41) is 13.3. The summed E-state index contributed by atoms with van der Waals surface area (Å²) in [6, 6.07) is 3.93. The van der Waals surface area contributed by atoms with Crippen LogP contribution in [0.1, 0.15) is 17.3 Å². The van der Waals surface area contributed by atoms with Gasteiger partial charge in [-0.15, -0.1) is 0 Å². The molecule has 19 heavy (non-hydrogen) atoms. The lowest BCUT2D eigenvalue weighted by molar-refractivity contribution is -0.384. The first-order chi connectivity index (χ1) is 9.10. The highest BCUT2D eigenvalue weighted by Crippen LogP contribution is 2.24. The molecular weight excluding hydrogens is 252 g/mol. The van der Waals surface area contributed by atoms with Crippen molar-refractivity contribution in [3.63, 3.8) is 0 Å². The lowest BCUT2D eigenvalue weighted by Gasteiger charge is -2.07. The van der Waals surface area contributed by atoms with Crippen LogP contribution >= 0.6 is 0 Å². The average Bonchev–Trinajstić information content (AvgIpc) is 2.42. The molecule has 0 saturated carbocycles. The van der Waals surface area contributed by atoms with Gasteiger partial charge in [0.2, 0.25) is 0 Å². The fourth-order valence-electron chi connectivity index (χ4n) is 1.44. The molecule has 0 aliphatic heterocycles. The van der Waals surface area contributed by atoms with Gasteiger partial charge in [-0.05, 0) is 19.1 Å². The Hall–Kier alpha value is -2.19. The number of nitrogens with zero attached hydrogens (tertiary/aromatic N) is 1. The van der Waals surface area contributed by atoms with Crippen LogP contribution < -0.4 is 16.6 Å². The van der Waals surface area contributed by atoms with E-state index in [1.807, 2.05) is 6.92 Å². The van der Waals surface area contributed by atoms with E-state index < -0.39 is 4.92 Å². The van der Waals surface area contributed by atoms with Gasteiger partial charge in [0.05, 0.1) is 11.5 Å². The smallest absolute Gasteiger partial charge is 0.293 e. The number of hydrazine groups is 1. The quantitative estimate of drug-likeness (QED) is 0.289. The van der Waals surface area contributed by atoms with Gasteiger partial charge >= 0.3 is 0 Å². The highest BCUT2D eigenvalue weighted by molar-refractivity contribution is 5.95. The molecule has 8 heteroatoms. The van der Waals surface area contributed by atoms with Gasteiger partial charge in [-0.1, -0.05) is 0 Å². The van der Waals surface area contributed by atoms with Gasteiger partial charge in [-0.25, -0.2) is 0 Å². The molecule has 0 saturated heterocycles. The summed E-state index contributed by atoms with van der Waals surface area (Å²) in [6.45, 7) is 3.22. The molecule has 8 nitrogen and oxygen atoms in total. The van der Waals surface area contributed by atoms with Crippen LogP contribution in [0.25, 0.3) is 0 Å². The van der Waals surface area contributed by atoms with Crippen LogP contribution in [0.5, 0.6) is 0 Å². The molecular formula is C11H16N4O4. The molecule has 0 heterocycles. The summed E-state index contributed by atoms with van der Waals surface area (Å²) in [5.74, 6) is 4.85. The number of nitro groups is 1. The number of hydrogen-bond acceptors (Lipinski definition) is 6. The molecule has 0 radical (unpaired) electrons. The Bertz CT molecular complexity index is 464. The molecule has 1 rings (SSSR count). The summed E-state index contributed by atoms with van der Waals surface area (Å²) in [5.41, 5.74) is 2.39. The maximum absolute atomic E-state index is 11.8. The Morgan fingerprint density at radius 1 is 1.53 bits per heavy atom. The van der Waals surface area contributed by atoms with Crippen molar-refractivity contribution in [2.24, 2.45) is 5.84 Å². The minimum Gasteiger partial charge on any atom is -0.380 e. The third-order valence-corrected chi connectivity index (χ3v) is 2.35. The Balaban J connectivity index is 2.73. The van der Waals surface area contributed by atoms with Crippen LogP contribution in [0, 0.1) is 10.1 Å². The summed E-state index contributed by atoms with van der Waals surface area (Å²) in [7, 11) is 0. The summed E-state index contributed by atoms with van der Waals surface area (Å²) >= 11 is 0. The number of nitro benzene ring substituents is 1. The Kier molecular flexibility index (Phi) is 5.71. The van der Waals surface area contributed by atoms with Gasteiger partial charge in [-0.2, -0.15) is 0 Å². The third kappa shape index (κ3) is 4.19. The van der Waals surface area contributed by atoms with Gasteiger partial charge in [-0.3, -0.25) is 20.8 Å². The number of nitrogens with one attached hydrogen (secondary N) is 2. The zero-order valence-corrected chi connectivity index (χ0v) is 10.5. The predicted octanol–water partition coefficient (Wildman–Crippen LogP) is 0.647. The van der Waals surface area contributed by atoms with E-state index >= 15 is 0 Å². The van der Waals surface area contributed by atoms with Crippen molar-refractivity contribution < 1.29 is 14.5 Å². The van der Waals surface area contributed by atoms with Gasteiger partial charge < -0.3 is 15.5 Å². The molecule has 0 spiro atoms. The van der Waals surface area contributed by atoms with Crippen LogP contribution in [0.4, 0.5) is 11.4 Å². The number of rotatable bonds is 7. The van der Waals surface area contributed by atoms with Crippen LogP contribution in [0.3, 0.4) is 0 Å². The fraction of sp³-hybridized carbons (Fsp3) is 0.364. The number of nitrogen functional groups attached to an aromatic ring is 1. The number of benzene rings is 1. The highest BCUT2D eigenvalue weighted by Gasteiger charge is 2.15. The number of carbonyl (C=O) groups excluding carboxylic acids is 1. The molecule has 4 N–H and O–H groups in total. The standard InChI is InChI=1S/C11H16N4O4/c1-2-19-6-5-13-11(16)8-3-4-10(15(17)18)9(7-8)14-12/h3-4,7,14H,2,5-6,12H2,1H3,(H,13,16). The zero-order valence-electron chi connectivity index (χ0n) is 10.5. The van der Waals surface area contributed by atoms with E-state index in [4.69, 9.17) is 10.6 Å². The first-order valence-electron chi connectivity index (χ1n) is 5.71. The maximum atomic E-state index is 11.8. The second-order valence-corrected chi connectivity index (χ2v) is 3.59. The minimum absolute atomic E-state index is 0.0856. The Morgan fingerprint density at radius 3 is 2.84 bits per heavy atom. The molecule has 0 atom stereocenters. The number of ether oxygens (including phenoxy) is 1. The Labute approximate surface area is 110 Å². The second-order valence-electron chi connectivity index (χ2n) is 3.59. The van der Waals surface area contributed by atoms with E-state index in [-0.39, 0.29) is 22.8 Å². The van der Waals surface area contributed by atoms with Crippen LogP contribution in [-0.4, -0.2) is 30.6 Å². The zero-order chi connectivity index (χ0) is 14.3. The maximum Gasteiger partial charge on any atom is 0.293 e. The number of hydrogen-bond donors (Lipinski definition) is 3. The third-order valence-electron chi connectivity index (χ3n) is 2.35. The lowest BCUT2D eigenvalue weighted by atomic mass is 10.1. The monoisotopic (exact) mass is 268 g/mol. The largest absolute Gasteiger partial charge is 0.380 e. The van der Waals surface area contributed by atoms with Gasteiger partial charge in [0.25, 0.3) is 11.6 Å². The molecule has 104 valence electrons. The molecule has 0 fully saturated rings. The van der Waals surface area contributed by atoms with Crippen LogP contribution in [-0.2, 0) is 4.74 Å². The first kappa shape index (κ1) is 14.9. The van der Waals surface area contributed by atoms with Crippen molar-refractivity contribution >= 4 is 17.3 Å². The van der Waals surface area contributed by atoms with E-state index in [9.17, 15) is 14.9 Å². The van der Waals surface area contributed by atoms with Crippen molar-refractivity contribution in [3.05, 3.63) is 33.9 Å². The second kappa shape index (κ2) is 7.29. The molecule has 1 aromatic carbocycles. The van der Waals surface area contributed by atoms with E-state index in [1.54, 1.807) is 0 Å². The van der Waals surface area contributed by atoms with E-state index in [1.165, 1.54) is 18.2 Å². The number of amides is 1.